The molecule has 2 heterocycles. The second kappa shape index (κ2) is 9.52. The van der Waals surface area contributed by atoms with Crippen molar-refractivity contribution in [3.63, 3.8) is 0 Å². The van der Waals surface area contributed by atoms with Crippen molar-refractivity contribution < 1.29 is 19.1 Å². The van der Waals surface area contributed by atoms with Crippen LogP contribution in [0.4, 0.5) is 0 Å². The smallest absolute Gasteiger partial charge is 0.347 e. The van der Waals surface area contributed by atoms with Gasteiger partial charge in [-0.3, -0.25) is 9.59 Å². The van der Waals surface area contributed by atoms with E-state index in [0.717, 1.165) is 57.8 Å². The topological polar surface area (TPSA) is 102 Å². The molecule has 9 nitrogen and oxygen atoms in total. The van der Waals surface area contributed by atoms with Crippen LogP contribution in [0.15, 0.2) is 20.7 Å². The maximum Gasteiger partial charge on any atom is 0.347 e. The Hall–Kier alpha value is -2.58. The van der Waals surface area contributed by atoms with Gasteiger partial charge in [0.2, 0.25) is 0 Å². The summed E-state index contributed by atoms with van der Waals surface area (Å²) < 4.78 is 16.9. The zero-order chi connectivity index (χ0) is 33.6. The molecule has 1 unspecified atom stereocenters. The average Bonchev–Trinajstić information content (AvgIpc) is 3.43. The van der Waals surface area contributed by atoms with Crippen LogP contribution in [0.5, 0.6) is 0 Å². The highest BCUT2D eigenvalue weighted by atomic mass is 16.5. The van der Waals surface area contributed by atoms with E-state index in [1.807, 2.05) is 9.36 Å². The predicted molar refractivity (Wildman–Crippen MR) is 174 cm³/mol. The molecule has 4 fully saturated rings. The molecule has 46 heavy (non-hydrogen) atoms. The third kappa shape index (κ3) is 3.53. The molecule has 0 saturated heterocycles. The van der Waals surface area contributed by atoms with Crippen LogP contribution in [0.1, 0.15) is 126 Å². The lowest BCUT2D eigenvalue weighted by molar-refractivity contribution is -0.218. The van der Waals surface area contributed by atoms with Gasteiger partial charge in [0, 0.05) is 31.7 Å². The van der Waals surface area contributed by atoms with Crippen molar-refractivity contribution in [3.8, 4) is 0 Å². The molecule has 1 aromatic rings. The third-order valence-electron chi connectivity index (χ3n) is 15.6. The van der Waals surface area contributed by atoms with Crippen molar-refractivity contribution in [2.75, 3.05) is 6.61 Å². The maximum atomic E-state index is 14.3. The molecule has 4 saturated carbocycles. The minimum absolute atomic E-state index is 0.0234. The first-order valence-corrected chi connectivity index (χ1v) is 17.8. The zero-order valence-corrected chi connectivity index (χ0v) is 29.7. The summed E-state index contributed by atoms with van der Waals surface area (Å²) in [6, 6.07) is -0.230. The normalized spacial score (nSPS) is 43.4. The monoisotopic (exact) mass is 637 g/mol. The summed E-state index contributed by atoms with van der Waals surface area (Å²) in [5.74, 6) is 0.252. The first-order valence-electron chi connectivity index (χ1n) is 17.8. The Kier molecular flexibility index (Phi) is 6.62. The Labute approximate surface area is 273 Å². The fourth-order valence-corrected chi connectivity index (χ4v) is 13.3. The highest BCUT2D eigenvalue weighted by Gasteiger charge is 2.73. The van der Waals surface area contributed by atoms with Gasteiger partial charge in [0.25, 0.3) is 0 Å². The fourth-order valence-electron chi connectivity index (χ4n) is 13.3. The number of allylic oxidation sites excluding steroid dienone is 1. The number of rotatable bonds is 4. The van der Waals surface area contributed by atoms with Crippen molar-refractivity contribution in [1.82, 2.24) is 13.9 Å². The molecular formula is C37H55N3O6. The van der Waals surface area contributed by atoms with Gasteiger partial charge in [0.15, 0.2) is 0 Å². The summed E-state index contributed by atoms with van der Waals surface area (Å²) >= 11 is 0. The number of nitrogens with zero attached hydrogens (tertiary/aromatic N) is 3. The number of hydrogen-bond donors (Lipinski definition) is 0. The number of fused-ring (bicyclic) bond motifs is 7. The van der Waals surface area contributed by atoms with Gasteiger partial charge >= 0.3 is 23.3 Å². The molecule has 1 aliphatic heterocycles. The van der Waals surface area contributed by atoms with E-state index >= 15 is 0 Å². The maximum absolute atomic E-state index is 14.3. The van der Waals surface area contributed by atoms with Crippen molar-refractivity contribution in [1.29, 1.82) is 0 Å². The highest BCUT2D eigenvalue weighted by molar-refractivity contribution is 5.66. The summed E-state index contributed by atoms with van der Waals surface area (Å²) in [5.41, 5.74) is 0.812. The Balaban J connectivity index is 1.48. The van der Waals surface area contributed by atoms with E-state index in [9.17, 15) is 19.2 Å². The lowest BCUT2D eigenvalue weighted by atomic mass is 9.33. The number of carbonyl (C=O) groups excluding carboxylic acids is 2. The SMILES string of the molecule is CC(=O)OC[C@]12CC[C@]3(C(C)C)C1=C1C(C[C@@H]4[C@@]5(C)CC[C@H](OC(C)=O)C(C)(C)[C@@H]5CC[C@@]4(C)[C@]1(C)CC2)n1c(=O)n(C)c(=O)n13. The van der Waals surface area contributed by atoms with Crippen LogP contribution in [-0.2, 0) is 31.6 Å². The molecule has 1 aromatic heterocycles. The van der Waals surface area contributed by atoms with E-state index < -0.39 is 5.54 Å². The number of carbonyl (C=O) groups is 2. The van der Waals surface area contributed by atoms with Crippen LogP contribution < -0.4 is 11.4 Å². The minimum atomic E-state index is -0.639. The van der Waals surface area contributed by atoms with E-state index in [1.54, 1.807) is 7.05 Å². The quantitative estimate of drug-likeness (QED) is 0.302. The number of esters is 2. The molecule has 0 N–H and O–H groups in total. The van der Waals surface area contributed by atoms with Crippen LogP contribution in [0.25, 0.3) is 0 Å². The van der Waals surface area contributed by atoms with E-state index in [2.05, 4.69) is 48.5 Å². The first-order chi connectivity index (χ1) is 21.3. The van der Waals surface area contributed by atoms with Crippen LogP contribution in [-0.4, -0.2) is 38.6 Å². The molecule has 0 bridgehead atoms. The molecule has 6 aliphatic rings. The number of ether oxygens (including phenoxy) is 2. The van der Waals surface area contributed by atoms with E-state index in [-0.39, 0.29) is 68.5 Å². The van der Waals surface area contributed by atoms with E-state index in [4.69, 9.17) is 9.47 Å². The predicted octanol–water partition coefficient (Wildman–Crippen LogP) is 5.89. The fraction of sp³-hybridized carbons (Fsp3) is 0.838. The summed E-state index contributed by atoms with van der Waals surface area (Å²) in [4.78, 5) is 52.9. The van der Waals surface area contributed by atoms with Crippen LogP contribution in [0, 0.1) is 44.8 Å². The lowest BCUT2D eigenvalue weighted by Crippen LogP contribution is -2.67. The van der Waals surface area contributed by atoms with Gasteiger partial charge in [-0.25, -0.2) is 23.5 Å². The number of aromatic nitrogens is 3. The molecule has 9 atom stereocenters. The van der Waals surface area contributed by atoms with Crippen molar-refractivity contribution in [2.24, 2.45) is 51.9 Å². The van der Waals surface area contributed by atoms with Crippen LogP contribution in [0.3, 0.4) is 0 Å². The van der Waals surface area contributed by atoms with Crippen molar-refractivity contribution >= 4 is 11.9 Å². The molecule has 7 rings (SSSR count). The molecule has 5 aliphatic carbocycles. The number of hydrogen-bond acceptors (Lipinski definition) is 6. The van der Waals surface area contributed by atoms with Crippen molar-refractivity contribution in [3.05, 3.63) is 32.1 Å². The molecule has 254 valence electrons. The summed E-state index contributed by atoms with van der Waals surface area (Å²) in [7, 11) is 1.62. The van der Waals surface area contributed by atoms with Gasteiger partial charge in [0.1, 0.15) is 12.7 Å². The molecule has 9 heteroatoms. The van der Waals surface area contributed by atoms with Crippen molar-refractivity contribution in [2.45, 2.75) is 138 Å². The van der Waals surface area contributed by atoms with Gasteiger partial charge in [-0.05, 0) is 103 Å². The van der Waals surface area contributed by atoms with Gasteiger partial charge in [-0.2, -0.15) is 0 Å². The average molecular weight is 638 g/mol. The largest absolute Gasteiger partial charge is 0.465 e. The minimum Gasteiger partial charge on any atom is -0.465 e. The molecule has 0 radical (unpaired) electrons. The molecule has 0 amide bonds. The Morgan fingerprint density at radius 1 is 0.870 bits per heavy atom. The second-order valence-corrected chi connectivity index (χ2v) is 17.8. The Morgan fingerprint density at radius 2 is 1.54 bits per heavy atom. The highest BCUT2D eigenvalue weighted by Crippen LogP contribution is 2.79. The second-order valence-electron chi connectivity index (χ2n) is 17.8. The van der Waals surface area contributed by atoms with Crippen LogP contribution >= 0.6 is 0 Å². The summed E-state index contributed by atoms with van der Waals surface area (Å²) in [6.45, 7) is 19.8. The van der Waals surface area contributed by atoms with E-state index in [1.165, 1.54) is 29.6 Å². The third-order valence-corrected chi connectivity index (χ3v) is 15.6. The molecule has 0 spiro atoms. The Bertz CT molecular complexity index is 1680. The molecule has 0 aromatic carbocycles. The van der Waals surface area contributed by atoms with Gasteiger partial charge in [-0.1, -0.05) is 48.5 Å². The van der Waals surface area contributed by atoms with Crippen LogP contribution in [0.2, 0.25) is 0 Å². The van der Waals surface area contributed by atoms with E-state index in [0.29, 0.717) is 18.4 Å². The summed E-state index contributed by atoms with van der Waals surface area (Å²) in [6.07, 6.45) is 8.09. The standard InChI is InChI=1S/C37H55N3O6/c1-21(2)37-18-17-36(20-45-22(3)41)16-15-35(9)28(29(36)37)24(39-30(43)38(10)31(44)40(37)39)19-26-33(7)13-12-27(46-23(4)42)32(5,6)25(33)11-14-34(26,35)8/h21,24-27H,11-20H2,1-10H3/t24?,25-,26+,27-,33-,34+,35+,36-,37-/m0/s1. The Morgan fingerprint density at radius 3 is 2.17 bits per heavy atom. The lowest BCUT2D eigenvalue weighted by Gasteiger charge is -2.72. The first kappa shape index (κ1) is 32.0. The van der Waals surface area contributed by atoms with Gasteiger partial charge in [0.05, 0.1) is 11.6 Å². The molecular weight excluding hydrogens is 582 g/mol. The van der Waals surface area contributed by atoms with Gasteiger partial charge in [-0.15, -0.1) is 0 Å². The zero-order valence-electron chi connectivity index (χ0n) is 29.7. The summed E-state index contributed by atoms with van der Waals surface area (Å²) in [5, 5.41) is 0. The van der Waals surface area contributed by atoms with Gasteiger partial charge < -0.3 is 9.47 Å².